The molecule has 0 radical (unpaired) electrons. The predicted molar refractivity (Wildman–Crippen MR) is 84.5 cm³/mol. The van der Waals surface area contributed by atoms with Crippen molar-refractivity contribution in [1.29, 1.82) is 0 Å². The number of carbonyl (C=O) groups excluding carboxylic acids is 3. The maximum Gasteiger partial charge on any atom is 0.253 e. The highest BCUT2D eigenvalue weighted by atomic mass is 16.2. The van der Waals surface area contributed by atoms with Crippen LogP contribution in [0.25, 0.3) is 0 Å². The highest BCUT2D eigenvalue weighted by Crippen LogP contribution is 2.21. The van der Waals surface area contributed by atoms with Gasteiger partial charge in [-0.05, 0) is 30.9 Å². The summed E-state index contributed by atoms with van der Waals surface area (Å²) in [7, 11) is 0. The standard InChI is InChI=1S/C15H21N5O3/c1-9-4-6-20(7-5-9)11-3-2-10(8-18-11)15(23)19-12(13(16)21)14(17)22/h2-3,8-9,12H,4-7H2,1H3,(H2,16,21)(H2,17,22)(H,19,23). The normalized spacial score (nSPS) is 15.5. The summed E-state index contributed by atoms with van der Waals surface area (Å²) in [6.45, 7) is 4.10. The molecule has 124 valence electrons. The summed E-state index contributed by atoms with van der Waals surface area (Å²) in [4.78, 5) is 40.6. The Morgan fingerprint density at radius 3 is 2.30 bits per heavy atom. The molecule has 0 unspecified atom stereocenters. The van der Waals surface area contributed by atoms with Gasteiger partial charge in [-0.25, -0.2) is 4.98 Å². The number of pyridine rings is 1. The molecular formula is C15H21N5O3. The van der Waals surface area contributed by atoms with Crippen molar-refractivity contribution in [3.8, 4) is 0 Å². The Labute approximate surface area is 134 Å². The molecule has 1 fully saturated rings. The van der Waals surface area contributed by atoms with Crippen molar-refractivity contribution < 1.29 is 14.4 Å². The Morgan fingerprint density at radius 1 is 1.22 bits per heavy atom. The number of piperidine rings is 1. The van der Waals surface area contributed by atoms with E-state index in [0.717, 1.165) is 37.7 Å². The maximum absolute atomic E-state index is 12.0. The van der Waals surface area contributed by atoms with Crippen LogP contribution in [0.2, 0.25) is 0 Å². The van der Waals surface area contributed by atoms with E-state index in [-0.39, 0.29) is 5.56 Å². The van der Waals surface area contributed by atoms with E-state index in [4.69, 9.17) is 11.5 Å². The Morgan fingerprint density at radius 2 is 1.83 bits per heavy atom. The quantitative estimate of drug-likeness (QED) is 0.623. The van der Waals surface area contributed by atoms with E-state index >= 15 is 0 Å². The average Bonchev–Trinajstić information content (AvgIpc) is 2.52. The summed E-state index contributed by atoms with van der Waals surface area (Å²) in [6.07, 6.45) is 3.63. The first-order valence-electron chi connectivity index (χ1n) is 7.49. The van der Waals surface area contributed by atoms with Crippen LogP contribution in [0.15, 0.2) is 18.3 Å². The van der Waals surface area contributed by atoms with E-state index in [1.807, 2.05) is 0 Å². The fraction of sp³-hybridized carbons (Fsp3) is 0.467. The summed E-state index contributed by atoms with van der Waals surface area (Å²) in [5.41, 5.74) is 10.3. The first-order valence-corrected chi connectivity index (χ1v) is 7.49. The molecule has 0 aliphatic carbocycles. The minimum atomic E-state index is -1.54. The molecule has 23 heavy (non-hydrogen) atoms. The average molecular weight is 319 g/mol. The molecule has 1 saturated heterocycles. The molecule has 0 saturated carbocycles. The van der Waals surface area contributed by atoms with Crippen molar-refractivity contribution in [3.63, 3.8) is 0 Å². The highest BCUT2D eigenvalue weighted by Gasteiger charge is 2.24. The van der Waals surface area contributed by atoms with Gasteiger partial charge in [-0.1, -0.05) is 6.92 Å². The molecule has 1 aromatic heterocycles. The number of rotatable bonds is 5. The van der Waals surface area contributed by atoms with E-state index in [1.165, 1.54) is 6.20 Å². The zero-order valence-electron chi connectivity index (χ0n) is 13.0. The van der Waals surface area contributed by atoms with Gasteiger partial charge in [0, 0.05) is 19.3 Å². The third-order valence-electron chi connectivity index (χ3n) is 3.96. The number of aromatic nitrogens is 1. The minimum absolute atomic E-state index is 0.228. The molecule has 8 heteroatoms. The SMILES string of the molecule is CC1CCN(c2ccc(C(=O)NC(C(N)=O)C(N)=O)cn2)CC1. The molecule has 2 rings (SSSR count). The zero-order valence-corrected chi connectivity index (χ0v) is 13.0. The van der Waals surface area contributed by atoms with E-state index in [1.54, 1.807) is 12.1 Å². The number of amides is 3. The number of nitrogens with two attached hydrogens (primary N) is 2. The van der Waals surface area contributed by atoms with Crippen LogP contribution >= 0.6 is 0 Å². The van der Waals surface area contributed by atoms with Gasteiger partial charge in [0.25, 0.3) is 5.91 Å². The van der Waals surface area contributed by atoms with Crippen LogP contribution in [-0.4, -0.2) is 41.8 Å². The van der Waals surface area contributed by atoms with Crippen molar-refractivity contribution in [2.45, 2.75) is 25.8 Å². The van der Waals surface area contributed by atoms with Crippen molar-refractivity contribution in [3.05, 3.63) is 23.9 Å². The monoisotopic (exact) mass is 319 g/mol. The summed E-state index contributed by atoms with van der Waals surface area (Å²) in [6, 6.07) is 1.80. The van der Waals surface area contributed by atoms with Crippen LogP contribution in [0.5, 0.6) is 0 Å². The second-order valence-electron chi connectivity index (χ2n) is 5.79. The Hall–Kier alpha value is -2.64. The largest absolute Gasteiger partial charge is 0.367 e. The first-order chi connectivity index (χ1) is 10.9. The maximum atomic E-state index is 12.0. The number of nitrogens with one attached hydrogen (secondary N) is 1. The van der Waals surface area contributed by atoms with Gasteiger partial charge in [-0.3, -0.25) is 14.4 Å². The minimum Gasteiger partial charge on any atom is -0.367 e. The Kier molecular flexibility index (Phi) is 5.15. The van der Waals surface area contributed by atoms with Crippen LogP contribution in [0.1, 0.15) is 30.1 Å². The lowest BCUT2D eigenvalue weighted by Crippen LogP contribution is -2.52. The van der Waals surface area contributed by atoms with Gasteiger partial charge in [0.2, 0.25) is 11.8 Å². The topological polar surface area (TPSA) is 131 Å². The van der Waals surface area contributed by atoms with E-state index in [9.17, 15) is 14.4 Å². The third-order valence-corrected chi connectivity index (χ3v) is 3.96. The van der Waals surface area contributed by atoms with Gasteiger partial charge in [-0.15, -0.1) is 0 Å². The van der Waals surface area contributed by atoms with Gasteiger partial charge < -0.3 is 21.7 Å². The summed E-state index contributed by atoms with van der Waals surface area (Å²) >= 11 is 0. The number of carbonyl (C=O) groups is 3. The predicted octanol–water partition coefficient (Wildman–Crippen LogP) is -0.613. The summed E-state index contributed by atoms with van der Waals surface area (Å²) in [5.74, 6) is -1.11. The van der Waals surface area contributed by atoms with Crippen molar-refractivity contribution >= 4 is 23.5 Å². The lowest BCUT2D eigenvalue weighted by molar-refractivity contribution is -0.128. The van der Waals surface area contributed by atoms with E-state index < -0.39 is 23.8 Å². The zero-order chi connectivity index (χ0) is 17.0. The van der Waals surface area contributed by atoms with Crippen LogP contribution < -0.4 is 21.7 Å². The molecule has 1 aliphatic rings. The fourth-order valence-corrected chi connectivity index (χ4v) is 2.44. The number of nitrogens with zero attached hydrogens (tertiary/aromatic N) is 2. The fourth-order valence-electron chi connectivity index (χ4n) is 2.44. The molecule has 8 nitrogen and oxygen atoms in total. The highest BCUT2D eigenvalue weighted by molar-refractivity contribution is 6.08. The van der Waals surface area contributed by atoms with Crippen molar-refractivity contribution in [1.82, 2.24) is 10.3 Å². The number of hydrogen-bond acceptors (Lipinski definition) is 5. The van der Waals surface area contributed by atoms with Gasteiger partial charge in [0.15, 0.2) is 6.04 Å². The van der Waals surface area contributed by atoms with Crippen LogP contribution in [-0.2, 0) is 9.59 Å². The molecule has 0 spiro atoms. The Balaban J connectivity index is 2.02. The number of anilines is 1. The van der Waals surface area contributed by atoms with Crippen molar-refractivity contribution in [2.24, 2.45) is 17.4 Å². The van der Waals surface area contributed by atoms with Crippen molar-refractivity contribution in [2.75, 3.05) is 18.0 Å². The molecule has 0 aromatic carbocycles. The number of primary amides is 2. The van der Waals surface area contributed by atoms with Crippen LogP contribution in [0.4, 0.5) is 5.82 Å². The Bertz CT molecular complexity index is 580. The molecule has 1 aromatic rings. The first kappa shape index (κ1) is 16.7. The lowest BCUT2D eigenvalue weighted by Gasteiger charge is -2.31. The summed E-state index contributed by atoms with van der Waals surface area (Å²) < 4.78 is 0. The van der Waals surface area contributed by atoms with Crippen LogP contribution in [0.3, 0.4) is 0 Å². The molecule has 0 bridgehead atoms. The molecule has 2 heterocycles. The lowest BCUT2D eigenvalue weighted by atomic mass is 9.99. The molecule has 0 atom stereocenters. The second-order valence-corrected chi connectivity index (χ2v) is 5.79. The molecular weight excluding hydrogens is 298 g/mol. The van der Waals surface area contributed by atoms with Gasteiger partial charge in [-0.2, -0.15) is 0 Å². The van der Waals surface area contributed by atoms with Gasteiger partial charge in [0.1, 0.15) is 5.82 Å². The van der Waals surface area contributed by atoms with Crippen LogP contribution in [0, 0.1) is 5.92 Å². The molecule has 1 aliphatic heterocycles. The number of hydrogen-bond donors (Lipinski definition) is 3. The van der Waals surface area contributed by atoms with E-state index in [2.05, 4.69) is 22.1 Å². The van der Waals surface area contributed by atoms with E-state index in [0.29, 0.717) is 0 Å². The van der Waals surface area contributed by atoms with Gasteiger partial charge >= 0.3 is 0 Å². The summed E-state index contributed by atoms with van der Waals surface area (Å²) in [5, 5.41) is 2.20. The third kappa shape index (κ3) is 4.18. The molecule has 3 amide bonds. The molecule has 5 N–H and O–H groups in total. The van der Waals surface area contributed by atoms with Gasteiger partial charge in [0.05, 0.1) is 5.56 Å². The second kappa shape index (κ2) is 7.08. The smallest absolute Gasteiger partial charge is 0.253 e.